The Balaban J connectivity index is 1.66. The number of carbonyl (C=O) groups is 2. The molecule has 8 heteroatoms. The van der Waals surface area contributed by atoms with Crippen LogP contribution in [0.2, 0.25) is 5.02 Å². The number of benzene rings is 2. The zero-order chi connectivity index (χ0) is 22.0. The minimum Gasteiger partial charge on any atom is -0.339 e. The first kappa shape index (κ1) is 21.1. The van der Waals surface area contributed by atoms with Gasteiger partial charge in [-0.15, -0.1) is 0 Å². The Labute approximate surface area is 183 Å². The number of anilines is 1. The molecule has 1 aliphatic heterocycles. The number of hydrogen-bond acceptors (Lipinski definition) is 3. The van der Waals surface area contributed by atoms with Gasteiger partial charge in [-0.25, -0.2) is 4.39 Å². The average molecular weight is 442 g/mol. The zero-order valence-electron chi connectivity index (χ0n) is 16.7. The summed E-state index contributed by atoms with van der Waals surface area (Å²) in [5.74, 6) is -1.17. The summed E-state index contributed by atoms with van der Waals surface area (Å²) in [4.78, 5) is 40.3. The molecule has 3 aromatic rings. The number of carbonyl (C=O) groups excluding carboxylic acids is 2. The SMILES string of the molecule is O=C(Cn1c(=O)cc(C(=O)N2CCCCC2)c2ccccc21)Nc1ccc(F)cc1Cl. The number of likely N-dealkylation sites (tertiary alicyclic amines) is 1. The van der Waals surface area contributed by atoms with Gasteiger partial charge >= 0.3 is 0 Å². The molecule has 6 nitrogen and oxygen atoms in total. The van der Waals surface area contributed by atoms with Crippen molar-refractivity contribution in [2.45, 2.75) is 25.8 Å². The lowest BCUT2D eigenvalue weighted by atomic mass is 10.0. The maximum Gasteiger partial charge on any atom is 0.254 e. The Kier molecular flexibility index (Phi) is 6.04. The van der Waals surface area contributed by atoms with Crippen molar-refractivity contribution < 1.29 is 14.0 Å². The van der Waals surface area contributed by atoms with Crippen molar-refractivity contribution in [1.29, 1.82) is 0 Å². The molecule has 0 spiro atoms. The largest absolute Gasteiger partial charge is 0.339 e. The van der Waals surface area contributed by atoms with Gasteiger partial charge in [-0.05, 0) is 43.5 Å². The van der Waals surface area contributed by atoms with Gasteiger partial charge in [-0.1, -0.05) is 29.8 Å². The van der Waals surface area contributed by atoms with Crippen molar-refractivity contribution in [3.05, 3.63) is 75.3 Å². The number of hydrogen-bond donors (Lipinski definition) is 1. The van der Waals surface area contributed by atoms with Crippen LogP contribution in [0.5, 0.6) is 0 Å². The van der Waals surface area contributed by atoms with Crippen molar-refractivity contribution in [2.24, 2.45) is 0 Å². The quantitative estimate of drug-likeness (QED) is 0.663. The lowest BCUT2D eigenvalue weighted by Gasteiger charge is -2.27. The lowest BCUT2D eigenvalue weighted by Crippen LogP contribution is -2.37. The van der Waals surface area contributed by atoms with Crippen LogP contribution in [-0.4, -0.2) is 34.4 Å². The van der Waals surface area contributed by atoms with E-state index >= 15 is 0 Å². The molecule has 0 bridgehead atoms. The molecule has 0 aliphatic carbocycles. The van der Waals surface area contributed by atoms with Crippen LogP contribution in [0.25, 0.3) is 10.9 Å². The van der Waals surface area contributed by atoms with E-state index in [0.717, 1.165) is 25.3 Å². The second-order valence-corrected chi connectivity index (χ2v) is 7.93. The van der Waals surface area contributed by atoms with Crippen LogP contribution in [0.4, 0.5) is 10.1 Å². The summed E-state index contributed by atoms with van der Waals surface area (Å²) >= 11 is 5.97. The van der Waals surface area contributed by atoms with E-state index in [1.165, 1.54) is 22.8 Å². The normalized spacial score (nSPS) is 13.9. The summed E-state index contributed by atoms with van der Waals surface area (Å²) in [5.41, 5.74) is 0.651. The van der Waals surface area contributed by atoms with Crippen molar-refractivity contribution in [3.63, 3.8) is 0 Å². The predicted molar refractivity (Wildman–Crippen MR) is 118 cm³/mol. The molecule has 2 amide bonds. The van der Waals surface area contributed by atoms with E-state index in [1.54, 1.807) is 29.2 Å². The fraction of sp³-hybridized carbons (Fsp3) is 0.261. The first-order valence-electron chi connectivity index (χ1n) is 10.1. The molecule has 0 unspecified atom stereocenters. The molecule has 2 aromatic carbocycles. The number of halogens is 2. The van der Waals surface area contributed by atoms with Crippen LogP contribution in [0.1, 0.15) is 29.6 Å². The number of fused-ring (bicyclic) bond motifs is 1. The summed E-state index contributed by atoms with van der Waals surface area (Å²) in [7, 11) is 0. The van der Waals surface area contributed by atoms with E-state index in [4.69, 9.17) is 11.6 Å². The predicted octanol–water partition coefficient (Wildman–Crippen LogP) is 4.06. The van der Waals surface area contributed by atoms with Crippen LogP contribution in [0, 0.1) is 5.82 Å². The molecule has 2 heterocycles. The van der Waals surface area contributed by atoms with Gasteiger partial charge in [0.25, 0.3) is 11.5 Å². The van der Waals surface area contributed by atoms with Crippen LogP contribution in [0.3, 0.4) is 0 Å². The molecular formula is C23H21ClFN3O3. The van der Waals surface area contributed by atoms with Crippen LogP contribution in [-0.2, 0) is 11.3 Å². The molecule has 160 valence electrons. The minimum atomic E-state index is -0.515. The first-order valence-corrected chi connectivity index (χ1v) is 10.5. The van der Waals surface area contributed by atoms with Gasteiger partial charge in [0.15, 0.2) is 0 Å². The highest BCUT2D eigenvalue weighted by Crippen LogP contribution is 2.23. The lowest BCUT2D eigenvalue weighted by molar-refractivity contribution is -0.116. The number of para-hydroxylation sites is 1. The van der Waals surface area contributed by atoms with Crippen molar-refractivity contribution in [1.82, 2.24) is 9.47 Å². The number of rotatable bonds is 4. The van der Waals surface area contributed by atoms with Crippen LogP contribution >= 0.6 is 11.6 Å². The number of nitrogens with one attached hydrogen (secondary N) is 1. The molecule has 1 aliphatic rings. The molecule has 31 heavy (non-hydrogen) atoms. The number of amides is 2. The highest BCUT2D eigenvalue weighted by Gasteiger charge is 2.22. The molecule has 0 radical (unpaired) electrons. The van der Waals surface area contributed by atoms with Crippen LogP contribution in [0.15, 0.2) is 53.3 Å². The monoisotopic (exact) mass is 441 g/mol. The maximum absolute atomic E-state index is 13.2. The van der Waals surface area contributed by atoms with E-state index in [9.17, 15) is 18.8 Å². The van der Waals surface area contributed by atoms with E-state index in [-0.39, 0.29) is 23.2 Å². The van der Waals surface area contributed by atoms with Gasteiger partial charge in [-0.2, -0.15) is 0 Å². The molecular weight excluding hydrogens is 421 g/mol. The minimum absolute atomic E-state index is 0.0630. The Morgan fingerprint density at radius 1 is 1.03 bits per heavy atom. The summed E-state index contributed by atoms with van der Waals surface area (Å²) in [5, 5.41) is 3.27. The molecule has 1 fully saturated rings. The maximum atomic E-state index is 13.2. The fourth-order valence-electron chi connectivity index (χ4n) is 3.87. The third-order valence-corrected chi connectivity index (χ3v) is 5.71. The van der Waals surface area contributed by atoms with Gasteiger partial charge in [0, 0.05) is 24.5 Å². The summed E-state index contributed by atoms with van der Waals surface area (Å²) in [6.07, 6.45) is 3.00. The van der Waals surface area contributed by atoms with Crippen molar-refractivity contribution >= 4 is 40.0 Å². The van der Waals surface area contributed by atoms with Gasteiger partial charge < -0.3 is 10.2 Å². The van der Waals surface area contributed by atoms with E-state index < -0.39 is 17.3 Å². The number of aromatic nitrogens is 1. The third kappa shape index (κ3) is 4.46. The fourth-order valence-corrected chi connectivity index (χ4v) is 4.08. The number of pyridine rings is 1. The second kappa shape index (κ2) is 8.89. The molecule has 1 aromatic heterocycles. The zero-order valence-corrected chi connectivity index (χ0v) is 17.5. The molecule has 0 saturated carbocycles. The first-order chi connectivity index (χ1) is 14.9. The summed E-state index contributed by atoms with van der Waals surface area (Å²) in [6.45, 7) is 1.08. The van der Waals surface area contributed by atoms with E-state index in [2.05, 4.69) is 5.32 Å². The topological polar surface area (TPSA) is 71.4 Å². The third-order valence-electron chi connectivity index (χ3n) is 5.40. The van der Waals surface area contributed by atoms with Crippen molar-refractivity contribution in [2.75, 3.05) is 18.4 Å². The standard InChI is InChI=1S/C23H21ClFN3O3/c24-18-12-15(25)8-9-19(18)26-21(29)14-28-20-7-3-2-6-16(20)17(13-22(28)30)23(31)27-10-4-1-5-11-27/h2-3,6-9,12-13H,1,4-5,10-11,14H2,(H,26,29). The second-order valence-electron chi connectivity index (χ2n) is 7.52. The molecule has 1 saturated heterocycles. The summed E-state index contributed by atoms with van der Waals surface area (Å²) < 4.78 is 14.5. The average Bonchev–Trinajstić information content (AvgIpc) is 2.77. The van der Waals surface area contributed by atoms with Crippen molar-refractivity contribution in [3.8, 4) is 0 Å². The Morgan fingerprint density at radius 3 is 2.52 bits per heavy atom. The number of piperidine rings is 1. The van der Waals surface area contributed by atoms with Gasteiger partial charge in [0.2, 0.25) is 5.91 Å². The highest BCUT2D eigenvalue weighted by molar-refractivity contribution is 6.33. The molecule has 0 atom stereocenters. The molecule has 4 rings (SSSR count). The summed E-state index contributed by atoms with van der Waals surface area (Å²) in [6, 6.07) is 12.0. The van der Waals surface area contributed by atoms with Gasteiger partial charge in [0.05, 0.1) is 21.8 Å². The molecule has 1 N–H and O–H groups in total. The number of nitrogens with zero attached hydrogens (tertiary/aromatic N) is 2. The Hall–Kier alpha value is -3.19. The van der Waals surface area contributed by atoms with E-state index in [1.807, 2.05) is 0 Å². The van der Waals surface area contributed by atoms with Gasteiger partial charge in [0.1, 0.15) is 12.4 Å². The van der Waals surface area contributed by atoms with Gasteiger partial charge in [-0.3, -0.25) is 19.0 Å². The smallest absolute Gasteiger partial charge is 0.254 e. The van der Waals surface area contributed by atoms with Crippen LogP contribution < -0.4 is 10.9 Å². The van der Waals surface area contributed by atoms with E-state index in [0.29, 0.717) is 29.6 Å². The Bertz CT molecular complexity index is 1220. The Morgan fingerprint density at radius 2 is 1.77 bits per heavy atom. The highest BCUT2D eigenvalue weighted by atomic mass is 35.5.